The molecule has 1 aromatic carbocycles. The highest BCUT2D eigenvalue weighted by Gasteiger charge is 2.33. The molecule has 0 fully saturated rings. The molecule has 0 bridgehead atoms. The fourth-order valence-corrected chi connectivity index (χ4v) is 1.64. The van der Waals surface area contributed by atoms with E-state index in [0.717, 1.165) is 6.42 Å². The molecule has 0 aliphatic heterocycles. The maximum atomic E-state index is 11.3. The van der Waals surface area contributed by atoms with Gasteiger partial charge < -0.3 is 14.7 Å². The van der Waals surface area contributed by atoms with E-state index in [-0.39, 0.29) is 5.69 Å². The average Bonchev–Trinajstić information content (AvgIpc) is 2.43. The van der Waals surface area contributed by atoms with Crippen molar-refractivity contribution in [2.75, 3.05) is 18.6 Å². The predicted molar refractivity (Wildman–Crippen MR) is 79.0 cm³/mol. The highest BCUT2D eigenvalue weighted by atomic mass is 16.6. The number of rotatable bonds is 7. The number of non-ortho nitro benzene ring substituents is 1. The van der Waals surface area contributed by atoms with Gasteiger partial charge in [-0.3, -0.25) is 10.1 Å². The quantitative estimate of drug-likeness (QED) is 0.614. The summed E-state index contributed by atoms with van der Waals surface area (Å²) >= 11 is 0. The molecule has 0 saturated heterocycles. The van der Waals surface area contributed by atoms with Gasteiger partial charge in [-0.15, -0.1) is 0 Å². The number of aliphatic carboxylic acids is 1. The second-order valence-corrected chi connectivity index (χ2v) is 5.21. The van der Waals surface area contributed by atoms with Crippen LogP contribution in [0, 0.1) is 10.1 Å². The lowest BCUT2D eigenvalue weighted by atomic mass is 10.0. The predicted octanol–water partition coefficient (Wildman–Crippen LogP) is 2.68. The van der Waals surface area contributed by atoms with Crippen LogP contribution < -0.4 is 9.64 Å². The van der Waals surface area contributed by atoms with Gasteiger partial charge in [0, 0.05) is 24.9 Å². The molecule has 21 heavy (non-hydrogen) atoms. The van der Waals surface area contributed by atoms with Gasteiger partial charge >= 0.3 is 5.97 Å². The zero-order valence-corrected chi connectivity index (χ0v) is 12.6. The van der Waals surface area contributed by atoms with Crippen LogP contribution in [0.15, 0.2) is 18.2 Å². The molecule has 1 rings (SSSR count). The summed E-state index contributed by atoms with van der Waals surface area (Å²) in [7, 11) is 1.58. The SMILES string of the molecule is CCCOc1cc(N(C)C(C)(C)C(=O)O)cc([N+](=O)[O-])c1. The van der Waals surface area contributed by atoms with Crippen LogP contribution in [0.25, 0.3) is 0 Å². The van der Waals surface area contributed by atoms with Gasteiger partial charge in [-0.25, -0.2) is 4.79 Å². The number of likely N-dealkylation sites (N-methyl/N-ethyl adjacent to an activating group) is 1. The Labute approximate surface area is 123 Å². The largest absolute Gasteiger partial charge is 0.493 e. The van der Waals surface area contributed by atoms with Crippen molar-refractivity contribution >= 4 is 17.3 Å². The Bertz CT molecular complexity index is 542. The summed E-state index contributed by atoms with van der Waals surface area (Å²) in [6.45, 7) is 5.42. The number of nitrogens with zero attached hydrogens (tertiary/aromatic N) is 2. The van der Waals surface area contributed by atoms with E-state index >= 15 is 0 Å². The van der Waals surface area contributed by atoms with E-state index in [0.29, 0.717) is 18.0 Å². The van der Waals surface area contributed by atoms with E-state index in [2.05, 4.69) is 0 Å². The number of nitro benzene ring substituents is 1. The summed E-state index contributed by atoms with van der Waals surface area (Å²) < 4.78 is 5.43. The first-order valence-corrected chi connectivity index (χ1v) is 6.59. The van der Waals surface area contributed by atoms with Crippen LogP contribution in [0.2, 0.25) is 0 Å². The number of hydrogen-bond donors (Lipinski definition) is 1. The van der Waals surface area contributed by atoms with Crippen LogP contribution in [0.4, 0.5) is 11.4 Å². The van der Waals surface area contributed by atoms with Gasteiger partial charge in [-0.1, -0.05) is 6.92 Å². The number of anilines is 1. The molecule has 7 heteroatoms. The molecule has 7 nitrogen and oxygen atoms in total. The van der Waals surface area contributed by atoms with E-state index in [1.165, 1.54) is 30.9 Å². The van der Waals surface area contributed by atoms with Crippen LogP contribution >= 0.6 is 0 Å². The summed E-state index contributed by atoms with van der Waals surface area (Å²) in [5.41, 5.74) is -0.911. The van der Waals surface area contributed by atoms with E-state index in [1.807, 2.05) is 6.92 Å². The minimum absolute atomic E-state index is 0.133. The van der Waals surface area contributed by atoms with Crippen molar-refractivity contribution in [2.45, 2.75) is 32.7 Å². The first-order valence-electron chi connectivity index (χ1n) is 6.59. The number of benzene rings is 1. The Morgan fingerprint density at radius 1 is 1.43 bits per heavy atom. The minimum atomic E-state index is -1.20. The molecule has 0 aromatic heterocycles. The standard InChI is InChI=1S/C14H20N2O5/c1-5-6-21-12-8-10(7-11(9-12)16(19)20)15(4)14(2,3)13(17)18/h7-9H,5-6H2,1-4H3,(H,17,18). The molecular formula is C14H20N2O5. The lowest BCUT2D eigenvalue weighted by Gasteiger charge is -2.33. The van der Waals surface area contributed by atoms with Gasteiger partial charge in [0.15, 0.2) is 0 Å². The van der Waals surface area contributed by atoms with Gasteiger partial charge in [-0.05, 0) is 20.3 Å². The number of carboxylic acid groups (broad SMARTS) is 1. The summed E-state index contributed by atoms with van der Waals surface area (Å²) in [5, 5.41) is 20.3. The van der Waals surface area contributed by atoms with Gasteiger partial charge in [0.25, 0.3) is 5.69 Å². The monoisotopic (exact) mass is 296 g/mol. The summed E-state index contributed by atoms with van der Waals surface area (Å²) in [5.74, 6) is -0.665. The van der Waals surface area contributed by atoms with E-state index in [9.17, 15) is 20.0 Å². The Kier molecular flexibility index (Phi) is 5.12. The Balaban J connectivity index is 3.24. The Hall–Kier alpha value is -2.31. The molecule has 0 amide bonds. The Morgan fingerprint density at radius 2 is 2.05 bits per heavy atom. The summed E-state index contributed by atoms with van der Waals surface area (Å²) in [6, 6.07) is 4.28. The summed E-state index contributed by atoms with van der Waals surface area (Å²) in [6.07, 6.45) is 0.772. The molecule has 0 atom stereocenters. The van der Waals surface area contributed by atoms with Crippen molar-refractivity contribution < 1.29 is 19.6 Å². The van der Waals surface area contributed by atoms with Crippen LogP contribution in [0.1, 0.15) is 27.2 Å². The number of ether oxygens (including phenoxy) is 1. The van der Waals surface area contributed by atoms with Gasteiger partial charge in [0.05, 0.1) is 17.6 Å². The highest BCUT2D eigenvalue weighted by Crippen LogP contribution is 2.31. The van der Waals surface area contributed by atoms with Gasteiger partial charge in [-0.2, -0.15) is 0 Å². The second kappa shape index (κ2) is 6.43. The molecule has 116 valence electrons. The van der Waals surface area contributed by atoms with Crippen molar-refractivity contribution in [3.63, 3.8) is 0 Å². The number of hydrogen-bond acceptors (Lipinski definition) is 5. The van der Waals surface area contributed by atoms with E-state index in [4.69, 9.17) is 4.74 Å². The molecular weight excluding hydrogens is 276 g/mol. The maximum Gasteiger partial charge on any atom is 0.328 e. The third-order valence-electron chi connectivity index (χ3n) is 3.31. The molecule has 0 unspecified atom stereocenters. The number of carboxylic acids is 1. The van der Waals surface area contributed by atoms with E-state index < -0.39 is 16.4 Å². The zero-order chi connectivity index (χ0) is 16.2. The third-order valence-corrected chi connectivity index (χ3v) is 3.31. The van der Waals surface area contributed by atoms with Gasteiger partial charge in [0.1, 0.15) is 11.3 Å². The lowest BCUT2D eigenvalue weighted by molar-refractivity contribution is -0.384. The molecule has 1 N–H and O–H groups in total. The number of carbonyl (C=O) groups is 1. The van der Waals surface area contributed by atoms with Crippen molar-refractivity contribution in [3.8, 4) is 5.75 Å². The second-order valence-electron chi connectivity index (χ2n) is 5.21. The maximum absolute atomic E-state index is 11.3. The molecule has 1 aromatic rings. The van der Waals surface area contributed by atoms with E-state index in [1.54, 1.807) is 13.1 Å². The molecule has 0 heterocycles. The van der Waals surface area contributed by atoms with Gasteiger partial charge in [0.2, 0.25) is 0 Å². The fourth-order valence-electron chi connectivity index (χ4n) is 1.64. The first-order chi connectivity index (χ1) is 9.70. The van der Waals surface area contributed by atoms with Crippen LogP contribution in [0.3, 0.4) is 0 Å². The minimum Gasteiger partial charge on any atom is -0.493 e. The Morgan fingerprint density at radius 3 is 2.52 bits per heavy atom. The van der Waals surface area contributed by atoms with Crippen LogP contribution in [0.5, 0.6) is 5.75 Å². The summed E-state index contributed by atoms with van der Waals surface area (Å²) in [4.78, 5) is 23.3. The molecule has 0 aliphatic carbocycles. The molecule has 0 radical (unpaired) electrons. The molecule has 0 spiro atoms. The number of nitro groups is 1. The fraction of sp³-hybridized carbons (Fsp3) is 0.500. The van der Waals surface area contributed by atoms with Crippen molar-refractivity contribution in [1.29, 1.82) is 0 Å². The van der Waals surface area contributed by atoms with Crippen LogP contribution in [-0.2, 0) is 4.79 Å². The van der Waals surface area contributed by atoms with Crippen LogP contribution in [-0.4, -0.2) is 35.2 Å². The first kappa shape index (κ1) is 16.7. The lowest BCUT2D eigenvalue weighted by Crippen LogP contribution is -2.48. The topological polar surface area (TPSA) is 92.9 Å². The smallest absolute Gasteiger partial charge is 0.328 e. The molecule has 0 aliphatic rings. The van der Waals surface area contributed by atoms with Crippen molar-refractivity contribution in [3.05, 3.63) is 28.3 Å². The zero-order valence-electron chi connectivity index (χ0n) is 12.6. The average molecular weight is 296 g/mol. The normalized spacial score (nSPS) is 11.0. The van der Waals surface area contributed by atoms with Crippen molar-refractivity contribution in [1.82, 2.24) is 0 Å². The highest BCUT2D eigenvalue weighted by molar-refractivity contribution is 5.82. The molecule has 0 saturated carbocycles. The third kappa shape index (κ3) is 3.84. The van der Waals surface area contributed by atoms with Crippen molar-refractivity contribution in [2.24, 2.45) is 0 Å².